The average molecular weight is 396 g/mol. The van der Waals surface area contributed by atoms with Crippen LogP contribution in [0.15, 0.2) is 58.7 Å². The van der Waals surface area contributed by atoms with Gasteiger partial charge in [-0.3, -0.25) is 0 Å². The van der Waals surface area contributed by atoms with Crippen molar-refractivity contribution in [1.29, 1.82) is 0 Å². The lowest BCUT2D eigenvalue weighted by molar-refractivity contribution is -0.146. The number of benzene rings is 2. The van der Waals surface area contributed by atoms with E-state index in [1.165, 1.54) is 12.3 Å². The Labute approximate surface area is 166 Å². The van der Waals surface area contributed by atoms with Crippen LogP contribution in [0.1, 0.15) is 13.8 Å². The Morgan fingerprint density at radius 1 is 1.10 bits per heavy atom. The average Bonchev–Trinajstić information content (AvgIpc) is 3.12. The van der Waals surface area contributed by atoms with Crippen LogP contribution in [-0.4, -0.2) is 35.2 Å². The molecule has 0 aliphatic heterocycles. The van der Waals surface area contributed by atoms with Crippen LogP contribution in [0.2, 0.25) is 0 Å². The van der Waals surface area contributed by atoms with Crippen LogP contribution >= 0.6 is 0 Å². The largest absolute Gasteiger partial charge is 0.507 e. The molecule has 0 amide bonds. The van der Waals surface area contributed by atoms with Crippen molar-refractivity contribution in [2.75, 3.05) is 18.5 Å². The van der Waals surface area contributed by atoms with E-state index in [9.17, 15) is 14.7 Å². The van der Waals surface area contributed by atoms with E-state index < -0.39 is 11.9 Å². The van der Waals surface area contributed by atoms with Gasteiger partial charge >= 0.3 is 11.9 Å². The second-order valence-corrected chi connectivity index (χ2v) is 5.86. The fourth-order valence-corrected chi connectivity index (χ4v) is 2.56. The molecule has 0 radical (unpaired) electrons. The molecule has 1 aromatic heterocycles. The first-order valence-corrected chi connectivity index (χ1v) is 9.03. The number of anilines is 1. The Balaban J connectivity index is 1.84. The van der Waals surface area contributed by atoms with Gasteiger partial charge in [-0.15, -0.1) is 0 Å². The summed E-state index contributed by atoms with van der Waals surface area (Å²) in [6, 6.07) is 12.0. The fourth-order valence-electron chi connectivity index (χ4n) is 2.56. The van der Waals surface area contributed by atoms with Crippen LogP contribution in [0.25, 0.3) is 22.6 Å². The van der Waals surface area contributed by atoms with Gasteiger partial charge in [0.2, 0.25) is 5.89 Å². The highest BCUT2D eigenvalue weighted by atomic mass is 16.6. The van der Waals surface area contributed by atoms with Crippen molar-refractivity contribution in [2.24, 2.45) is 0 Å². The highest BCUT2D eigenvalue weighted by Gasteiger charge is 2.21. The van der Waals surface area contributed by atoms with Crippen LogP contribution in [0.4, 0.5) is 5.69 Å². The molecular weight excluding hydrogens is 376 g/mol. The van der Waals surface area contributed by atoms with Gasteiger partial charge < -0.3 is 24.3 Å². The molecule has 0 saturated heterocycles. The molecule has 2 N–H and O–H groups in total. The summed E-state index contributed by atoms with van der Waals surface area (Å²) in [4.78, 5) is 28.3. The van der Waals surface area contributed by atoms with E-state index in [0.29, 0.717) is 22.4 Å². The molecule has 0 fully saturated rings. The number of oxazole rings is 1. The van der Waals surface area contributed by atoms with E-state index in [1.807, 2.05) is 18.2 Å². The number of phenolic OH excluding ortho intramolecular Hbond substituents is 1. The third-order valence-electron chi connectivity index (χ3n) is 3.90. The predicted octanol–water partition coefficient (Wildman–Crippen LogP) is 3.62. The summed E-state index contributed by atoms with van der Waals surface area (Å²) in [6.45, 7) is 3.51. The normalized spacial score (nSPS) is 10.4. The molecule has 0 unspecified atom stereocenters. The third kappa shape index (κ3) is 4.55. The maximum absolute atomic E-state index is 12.0. The number of phenols is 1. The number of carbonyl (C=O) groups is 2. The summed E-state index contributed by atoms with van der Waals surface area (Å²) in [5.74, 6) is -1.40. The second kappa shape index (κ2) is 8.92. The number of carbonyl (C=O) groups excluding carboxylic acids is 2. The van der Waals surface area contributed by atoms with Crippen molar-refractivity contribution in [3.05, 3.63) is 54.2 Å². The first kappa shape index (κ1) is 19.9. The maximum Gasteiger partial charge on any atom is 0.347 e. The summed E-state index contributed by atoms with van der Waals surface area (Å²) in [6.07, 6.45) is 1.18. The summed E-state index contributed by atoms with van der Waals surface area (Å²) < 4.78 is 15.4. The molecule has 3 rings (SSSR count). The molecule has 8 nitrogen and oxygen atoms in total. The van der Waals surface area contributed by atoms with Crippen molar-refractivity contribution in [1.82, 2.24) is 4.98 Å². The Morgan fingerprint density at radius 3 is 2.41 bits per heavy atom. The number of hydrogen-bond acceptors (Lipinski definition) is 8. The molecule has 29 heavy (non-hydrogen) atoms. The molecule has 1 heterocycles. The second-order valence-electron chi connectivity index (χ2n) is 5.86. The van der Waals surface area contributed by atoms with Crippen LogP contribution in [-0.2, 0) is 19.1 Å². The predicted molar refractivity (Wildman–Crippen MR) is 106 cm³/mol. The standard InChI is InChI=1S/C21H20N2O6/c1-3-27-20(25)15(21(26)28-4-2)12-22-13-9-10-14(17(24)11-13)19-23-16-7-5-6-8-18(16)29-19/h5-12,22,24H,3-4H2,1-2H3. The minimum atomic E-state index is -0.800. The Bertz CT molecular complexity index is 1020. The molecule has 2 aromatic carbocycles. The van der Waals surface area contributed by atoms with Crippen molar-refractivity contribution >= 4 is 28.7 Å². The minimum Gasteiger partial charge on any atom is -0.507 e. The maximum atomic E-state index is 12.0. The van der Waals surface area contributed by atoms with Crippen LogP contribution in [0.5, 0.6) is 5.75 Å². The Hall–Kier alpha value is -3.81. The molecule has 0 atom stereocenters. The molecule has 0 aliphatic carbocycles. The number of nitrogens with one attached hydrogen (secondary N) is 1. The molecule has 0 aliphatic rings. The highest BCUT2D eigenvalue weighted by Crippen LogP contribution is 2.33. The number of aromatic nitrogens is 1. The van der Waals surface area contributed by atoms with Crippen LogP contribution < -0.4 is 5.32 Å². The summed E-state index contributed by atoms with van der Waals surface area (Å²) >= 11 is 0. The van der Waals surface area contributed by atoms with Crippen molar-refractivity contribution in [2.45, 2.75) is 13.8 Å². The number of rotatable bonds is 7. The summed E-state index contributed by atoms with van der Waals surface area (Å²) in [5, 5.41) is 13.2. The molecule has 0 saturated carbocycles. The minimum absolute atomic E-state index is 0.0798. The molecule has 3 aromatic rings. The van der Waals surface area contributed by atoms with Gasteiger partial charge in [0.15, 0.2) is 11.2 Å². The topological polar surface area (TPSA) is 111 Å². The number of ether oxygens (including phenoxy) is 2. The molecule has 150 valence electrons. The monoisotopic (exact) mass is 396 g/mol. The van der Waals surface area contributed by atoms with Crippen molar-refractivity contribution in [3.8, 4) is 17.2 Å². The molecule has 0 bridgehead atoms. The molecular formula is C21H20N2O6. The number of para-hydroxylation sites is 2. The highest BCUT2D eigenvalue weighted by molar-refractivity contribution is 6.14. The van der Waals surface area contributed by atoms with Crippen molar-refractivity contribution in [3.63, 3.8) is 0 Å². The van der Waals surface area contributed by atoms with Gasteiger partial charge in [-0.1, -0.05) is 12.1 Å². The van der Waals surface area contributed by atoms with E-state index in [4.69, 9.17) is 13.9 Å². The lowest BCUT2D eigenvalue weighted by Gasteiger charge is -2.08. The number of fused-ring (bicyclic) bond motifs is 1. The Kier molecular flexibility index (Phi) is 6.13. The number of hydrogen-bond donors (Lipinski definition) is 2. The van der Waals surface area contributed by atoms with Crippen LogP contribution in [0, 0.1) is 0 Å². The smallest absolute Gasteiger partial charge is 0.347 e. The van der Waals surface area contributed by atoms with Gasteiger partial charge in [0.05, 0.1) is 18.8 Å². The van der Waals surface area contributed by atoms with Gasteiger partial charge in [0, 0.05) is 18.0 Å². The van der Waals surface area contributed by atoms with E-state index in [2.05, 4.69) is 10.3 Å². The van der Waals surface area contributed by atoms with Gasteiger partial charge in [0.25, 0.3) is 0 Å². The van der Waals surface area contributed by atoms with Gasteiger partial charge in [-0.05, 0) is 38.1 Å². The zero-order chi connectivity index (χ0) is 20.8. The Morgan fingerprint density at radius 2 is 1.79 bits per heavy atom. The van der Waals surface area contributed by atoms with Gasteiger partial charge in [-0.25, -0.2) is 14.6 Å². The summed E-state index contributed by atoms with van der Waals surface area (Å²) in [7, 11) is 0. The lowest BCUT2D eigenvalue weighted by atomic mass is 10.1. The number of esters is 2. The summed E-state index contributed by atoms with van der Waals surface area (Å²) in [5.41, 5.74) is 1.86. The molecule has 8 heteroatoms. The quantitative estimate of drug-likeness (QED) is 0.270. The first-order chi connectivity index (χ1) is 14.0. The molecule has 0 spiro atoms. The first-order valence-electron chi connectivity index (χ1n) is 9.03. The van der Waals surface area contributed by atoms with Crippen molar-refractivity contribution < 1.29 is 28.6 Å². The fraction of sp³-hybridized carbons (Fsp3) is 0.190. The zero-order valence-electron chi connectivity index (χ0n) is 16.0. The van der Waals surface area contributed by atoms with E-state index in [0.717, 1.165) is 0 Å². The lowest BCUT2D eigenvalue weighted by Crippen LogP contribution is -2.19. The van der Waals surface area contributed by atoms with E-state index in [-0.39, 0.29) is 30.4 Å². The zero-order valence-corrected chi connectivity index (χ0v) is 16.0. The third-order valence-corrected chi connectivity index (χ3v) is 3.90. The van der Waals surface area contributed by atoms with E-state index >= 15 is 0 Å². The van der Waals surface area contributed by atoms with Crippen LogP contribution in [0.3, 0.4) is 0 Å². The van der Waals surface area contributed by atoms with E-state index in [1.54, 1.807) is 32.0 Å². The van der Waals surface area contributed by atoms with Gasteiger partial charge in [-0.2, -0.15) is 0 Å². The number of aromatic hydroxyl groups is 1. The SMILES string of the molecule is CCOC(=O)C(=CNc1ccc(-c2nc3ccccc3o2)c(O)c1)C(=O)OCC. The number of nitrogens with zero attached hydrogens (tertiary/aromatic N) is 1. The van der Waals surface area contributed by atoms with Gasteiger partial charge in [0.1, 0.15) is 11.3 Å².